The molecular weight excluding hydrogens is 219 g/mol. The second-order valence-corrected chi connectivity index (χ2v) is 4.94. The first-order valence-corrected chi connectivity index (χ1v) is 5.75. The third kappa shape index (κ3) is 3.94. The molecule has 0 aromatic carbocycles. The van der Waals surface area contributed by atoms with Crippen LogP contribution in [0.15, 0.2) is 0 Å². The van der Waals surface area contributed by atoms with E-state index in [1.54, 1.807) is 0 Å². The summed E-state index contributed by atoms with van der Waals surface area (Å²) < 4.78 is 42.5. The number of hydrogen-bond donors (Lipinski definition) is 1. The van der Waals surface area contributed by atoms with E-state index in [2.05, 4.69) is 13.8 Å². The van der Waals surface area contributed by atoms with Crippen LogP contribution in [0.5, 0.6) is 0 Å². The van der Waals surface area contributed by atoms with Crippen LogP contribution in [0.1, 0.15) is 33.1 Å². The van der Waals surface area contributed by atoms with Gasteiger partial charge in [-0.25, -0.2) is 0 Å². The van der Waals surface area contributed by atoms with Gasteiger partial charge in [0.05, 0.1) is 6.10 Å². The average molecular weight is 239 g/mol. The van der Waals surface area contributed by atoms with Gasteiger partial charge in [-0.1, -0.05) is 13.8 Å². The minimum atomic E-state index is -4.35. The van der Waals surface area contributed by atoms with Crippen LogP contribution < -0.4 is 5.73 Å². The first-order valence-electron chi connectivity index (χ1n) is 5.75. The molecule has 0 bridgehead atoms. The average Bonchev–Trinajstić information content (AvgIpc) is 2.10. The summed E-state index contributed by atoms with van der Waals surface area (Å²) >= 11 is 0. The van der Waals surface area contributed by atoms with Crippen LogP contribution in [-0.4, -0.2) is 24.9 Å². The molecule has 5 heteroatoms. The third-order valence-electron chi connectivity index (χ3n) is 3.07. The number of nitrogens with two attached hydrogens (primary N) is 1. The predicted octanol–water partition coefficient (Wildman–Crippen LogP) is 2.72. The normalized spacial score (nSPS) is 33.8. The van der Waals surface area contributed by atoms with Gasteiger partial charge in [0.2, 0.25) is 0 Å². The standard InChI is InChI=1S/C11H20F3NO/c1-7-3-8(2)5-9(4-7)16-10(6-15)11(12,13)14/h7-10H,3-6,15H2,1-2H3. The van der Waals surface area contributed by atoms with Crippen molar-refractivity contribution in [1.29, 1.82) is 0 Å². The topological polar surface area (TPSA) is 35.2 Å². The number of halogens is 3. The molecule has 0 aromatic heterocycles. The summed E-state index contributed by atoms with van der Waals surface area (Å²) in [6.07, 6.45) is -3.98. The van der Waals surface area contributed by atoms with E-state index >= 15 is 0 Å². The molecule has 2 N–H and O–H groups in total. The molecule has 0 aliphatic heterocycles. The molecule has 3 unspecified atom stereocenters. The zero-order chi connectivity index (χ0) is 12.3. The van der Waals surface area contributed by atoms with Crippen LogP contribution in [0.2, 0.25) is 0 Å². The van der Waals surface area contributed by atoms with Gasteiger partial charge in [-0.15, -0.1) is 0 Å². The second-order valence-electron chi connectivity index (χ2n) is 4.94. The van der Waals surface area contributed by atoms with Crippen LogP contribution >= 0.6 is 0 Å². The lowest BCUT2D eigenvalue weighted by atomic mass is 9.82. The molecule has 1 fully saturated rings. The van der Waals surface area contributed by atoms with Crippen molar-refractivity contribution in [3.8, 4) is 0 Å². The van der Waals surface area contributed by atoms with Crippen LogP contribution in [0.4, 0.5) is 13.2 Å². The highest BCUT2D eigenvalue weighted by Crippen LogP contribution is 2.33. The Labute approximate surface area is 94.3 Å². The van der Waals surface area contributed by atoms with Gasteiger partial charge in [-0.2, -0.15) is 13.2 Å². The Hall–Kier alpha value is -0.290. The molecule has 0 aromatic rings. The Morgan fingerprint density at radius 1 is 1.19 bits per heavy atom. The maximum atomic E-state index is 12.5. The molecule has 16 heavy (non-hydrogen) atoms. The maximum absolute atomic E-state index is 12.5. The third-order valence-corrected chi connectivity index (χ3v) is 3.07. The lowest BCUT2D eigenvalue weighted by molar-refractivity contribution is -0.234. The molecule has 2 nitrogen and oxygen atoms in total. The molecule has 3 atom stereocenters. The fraction of sp³-hybridized carbons (Fsp3) is 1.00. The molecule has 1 rings (SSSR count). The number of hydrogen-bond acceptors (Lipinski definition) is 2. The van der Waals surface area contributed by atoms with Gasteiger partial charge < -0.3 is 10.5 Å². The fourth-order valence-corrected chi connectivity index (χ4v) is 2.48. The van der Waals surface area contributed by atoms with Crippen molar-refractivity contribution in [1.82, 2.24) is 0 Å². The van der Waals surface area contributed by atoms with E-state index in [9.17, 15) is 13.2 Å². The molecular formula is C11H20F3NO. The Bertz CT molecular complexity index is 210. The maximum Gasteiger partial charge on any atom is 0.415 e. The van der Waals surface area contributed by atoms with Gasteiger partial charge in [0.15, 0.2) is 6.10 Å². The van der Waals surface area contributed by atoms with E-state index in [1.165, 1.54) is 0 Å². The second kappa shape index (κ2) is 5.36. The number of alkyl halides is 3. The van der Waals surface area contributed by atoms with Crippen molar-refractivity contribution < 1.29 is 17.9 Å². The quantitative estimate of drug-likeness (QED) is 0.821. The summed E-state index contributed by atoms with van der Waals surface area (Å²) in [5, 5.41) is 0. The van der Waals surface area contributed by atoms with Crippen LogP contribution in [0, 0.1) is 11.8 Å². The van der Waals surface area contributed by atoms with E-state index in [0.717, 1.165) is 6.42 Å². The lowest BCUT2D eigenvalue weighted by Crippen LogP contribution is -2.42. The minimum Gasteiger partial charge on any atom is -0.364 e. The molecule has 0 amide bonds. The molecule has 1 aliphatic rings. The van der Waals surface area contributed by atoms with Gasteiger partial charge in [0.1, 0.15) is 0 Å². The largest absolute Gasteiger partial charge is 0.415 e. The number of ether oxygens (including phenoxy) is 1. The van der Waals surface area contributed by atoms with Gasteiger partial charge in [-0.05, 0) is 31.1 Å². The zero-order valence-electron chi connectivity index (χ0n) is 9.76. The van der Waals surface area contributed by atoms with E-state index in [0.29, 0.717) is 24.7 Å². The summed E-state index contributed by atoms with van der Waals surface area (Å²) in [7, 11) is 0. The summed E-state index contributed by atoms with van der Waals surface area (Å²) in [6.45, 7) is 3.61. The highest BCUT2D eigenvalue weighted by molar-refractivity contribution is 4.78. The molecule has 0 radical (unpaired) electrons. The summed E-state index contributed by atoms with van der Waals surface area (Å²) in [6, 6.07) is 0. The van der Waals surface area contributed by atoms with Crippen molar-refractivity contribution in [3.63, 3.8) is 0 Å². The summed E-state index contributed by atoms with van der Waals surface area (Å²) in [5.74, 6) is 0.862. The molecule has 0 spiro atoms. The highest BCUT2D eigenvalue weighted by atomic mass is 19.4. The molecule has 0 saturated heterocycles. The number of rotatable bonds is 3. The van der Waals surface area contributed by atoms with Crippen LogP contribution in [0.3, 0.4) is 0 Å². The van der Waals surface area contributed by atoms with E-state index < -0.39 is 18.8 Å². The smallest absolute Gasteiger partial charge is 0.364 e. The summed E-state index contributed by atoms with van der Waals surface area (Å²) in [4.78, 5) is 0. The van der Waals surface area contributed by atoms with Crippen molar-refractivity contribution in [2.75, 3.05) is 6.54 Å². The monoisotopic (exact) mass is 239 g/mol. The Kier molecular flexibility index (Phi) is 4.62. The first-order chi connectivity index (χ1) is 7.32. The Morgan fingerprint density at radius 3 is 2.06 bits per heavy atom. The van der Waals surface area contributed by atoms with Crippen molar-refractivity contribution in [2.45, 2.75) is 51.5 Å². The zero-order valence-corrected chi connectivity index (χ0v) is 9.76. The molecule has 0 heterocycles. The Morgan fingerprint density at radius 2 is 1.69 bits per heavy atom. The van der Waals surface area contributed by atoms with E-state index in [1.807, 2.05) is 0 Å². The van der Waals surface area contributed by atoms with Crippen LogP contribution in [-0.2, 0) is 4.74 Å². The summed E-state index contributed by atoms with van der Waals surface area (Å²) in [5.41, 5.74) is 5.10. The molecule has 96 valence electrons. The van der Waals surface area contributed by atoms with E-state index in [-0.39, 0.29) is 6.10 Å². The lowest BCUT2D eigenvalue weighted by Gasteiger charge is -2.34. The molecule has 1 aliphatic carbocycles. The predicted molar refractivity (Wildman–Crippen MR) is 55.9 cm³/mol. The van der Waals surface area contributed by atoms with Crippen molar-refractivity contribution >= 4 is 0 Å². The fourth-order valence-electron chi connectivity index (χ4n) is 2.48. The van der Waals surface area contributed by atoms with Gasteiger partial charge in [0.25, 0.3) is 0 Å². The van der Waals surface area contributed by atoms with Gasteiger partial charge >= 0.3 is 6.18 Å². The van der Waals surface area contributed by atoms with Gasteiger partial charge in [-0.3, -0.25) is 0 Å². The first kappa shape index (κ1) is 13.8. The molecule has 1 saturated carbocycles. The van der Waals surface area contributed by atoms with E-state index in [4.69, 9.17) is 10.5 Å². The SMILES string of the molecule is CC1CC(C)CC(OC(CN)C(F)(F)F)C1. The minimum absolute atomic E-state index is 0.297. The Balaban J connectivity index is 2.51. The van der Waals surface area contributed by atoms with Crippen molar-refractivity contribution in [2.24, 2.45) is 17.6 Å². The van der Waals surface area contributed by atoms with Gasteiger partial charge in [0, 0.05) is 6.54 Å². The highest BCUT2D eigenvalue weighted by Gasteiger charge is 2.41. The van der Waals surface area contributed by atoms with Crippen molar-refractivity contribution in [3.05, 3.63) is 0 Å². The van der Waals surface area contributed by atoms with Crippen LogP contribution in [0.25, 0.3) is 0 Å².